The molecule has 0 radical (unpaired) electrons. The van der Waals surface area contributed by atoms with Crippen LogP contribution in [0.2, 0.25) is 5.02 Å². The minimum atomic E-state index is -4.49. The number of amides is 1. The number of aromatic nitrogens is 2. The van der Waals surface area contributed by atoms with Crippen molar-refractivity contribution in [2.45, 2.75) is 12.7 Å². The van der Waals surface area contributed by atoms with Gasteiger partial charge < -0.3 is 14.2 Å². The Morgan fingerprint density at radius 2 is 1.93 bits per heavy atom. The highest BCUT2D eigenvalue weighted by Crippen LogP contribution is 2.31. The van der Waals surface area contributed by atoms with E-state index in [0.717, 1.165) is 12.1 Å². The maximum atomic E-state index is 12.7. The van der Waals surface area contributed by atoms with Gasteiger partial charge in [0.2, 0.25) is 11.7 Å². The second-order valence-electron chi connectivity index (χ2n) is 6.08. The Hall–Kier alpha value is -3.07. The smallest absolute Gasteiger partial charge is 0.416 e. The molecular weight excluding hydrogens is 411 g/mol. The monoisotopic (exact) mass is 425 g/mol. The predicted molar refractivity (Wildman–Crippen MR) is 98.2 cm³/mol. The topological polar surface area (TPSA) is 68.5 Å². The minimum absolute atomic E-state index is 0.0192. The third-order valence-corrected chi connectivity index (χ3v) is 4.14. The zero-order chi connectivity index (χ0) is 21.0. The molecule has 29 heavy (non-hydrogen) atoms. The van der Waals surface area contributed by atoms with E-state index in [9.17, 15) is 18.0 Å². The largest absolute Gasteiger partial charge is 0.484 e. The number of halogens is 4. The lowest BCUT2D eigenvalue weighted by Gasteiger charge is -2.15. The van der Waals surface area contributed by atoms with Gasteiger partial charge >= 0.3 is 6.18 Å². The van der Waals surface area contributed by atoms with Crippen LogP contribution in [0.5, 0.6) is 5.75 Å². The number of hydrogen-bond acceptors (Lipinski definition) is 5. The van der Waals surface area contributed by atoms with Gasteiger partial charge in [-0.15, -0.1) is 0 Å². The van der Waals surface area contributed by atoms with Gasteiger partial charge in [0.1, 0.15) is 5.75 Å². The molecule has 0 fully saturated rings. The predicted octanol–water partition coefficient (Wildman–Crippen LogP) is 4.45. The molecule has 0 unspecified atom stereocenters. The van der Waals surface area contributed by atoms with E-state index in [2.05, 4.69) is 10.1 Å². The molecule has 10 heteroatoms. The van der Waals surface area contributed by atoms with Crippen molar-refractivity contribution in [1.29, 1.82) is 0 Å². The molecule has 3 aromatic rings. The summed E-state index contributed by atoms with van der Waals surface area (Å²) in [5.41, 5.74) is -0.150. The molecule has 0 aliphatic carbocycles. The van der Waals surface area contributed by atoms with E-state index in [1.807, 2.05) is 0 Å². The third-order valence-electron chi connectivity index (χ3n) is 3.89. The number of ether oxygens (including phenoxy) is 1. The average molecular weight is 426 g/mol. The van der Waals surface area contributed by atoms with Crippen molar-refractivity contribution in [2.75, 3.05) is 13.7 Å². The molecule has 0 aliphatic heterocycles. The number of alkyl halides is 3. The average Bonchev–Trinajstić information content (AvgIpc) is 3.14. The minimum Gasteiger partial charge on any atom is -0.484 e. The van der Waals surface area contributed by atoms with E-state index in [-0.39, 0.29) is 18.2 Å². The molecule has 1 amide bonds. The van der Waals surface area contributed by atoms with Crippen LogP contribution in [0.4, 0.5) is 13.2 Å². The SMILES string of the molecule is CN(Cc1nc(-c2ccc(Cl)cc2)no1)C(=O)COc1cccc(C(F)(F)F)c1. The number of nitrogens with zero attached hydrogens (tertiary/aromatic N) is 3. The lowest BCUT2D eigenvalue weighted by atomic mass is 10.2. The van der Waals surface area contributed by atoms with Gasteiger partial charge in [-0.05, 0) is 42.5 Å². The van der Waals surface area contributed by atoms with Crippen LogP contribution in [0.1, 0.15) is 11.5 Å². The molecule has 1 heterocycles. The molecule has 0 atom stereocenters. The molecule has 0 spiro atoms. The third kappa shape index (κ3) is 5.47. The quantitative estimate of drug-likeness (QED) is 0.583. The lowest BCUT2D eigenvalue weighted by Crippen LogP contribution is -2.31. The molecule has 6 nitrogen and oxygen atoms in total. The van der Waals surface area contributed by atoms with E-state index in [0.29, 0.717) is 16.4 Å². The van der Waals surface area contributed by atoms with Gasteiger partial charge in [0.15, 0.2) is 6.61 Å². The van der Waals surface area contributed by atoms with E-state index in [1.165, 1.54) is 24.1 Å². The van der Waals surface area contributed by atoms with Crippen molar-refractivity contribution in [3.8, 4) is 17.1 Å². The maximum Gasteiger partial charge on any atom is 0.416 e. The Kier molecular flexibility index (Phi) is 6.07. The second-order valence-corrected chi connectivity index (χ2v) is 6.52. The molecule has 152 valence electrons. The summed E-state index contributed by atoms with van der Waals surface area (Å²) >= 11 is 5.84. The zero-order valence-electron chi connectivity index (χ0n) is 15.1. The van der Waals surface area contributed by atoms with Crippen LogP contribution in [0.25, 0.3) is 11.4 Å². The first-order valence-electron chi connectivity index (χ1n) is 8.35. The highest BCUT2D eigenvalue weighted by Gasteiger charge is 2.30. The molecule has 0 saturated carbocycles. The van der Waals surface area contributed by atoms with Gasteiger partial charge in [-0.25, -0.2) is 0 Å². The molecule has 1 aromatic heterocycles. The summed E-state index contributed by atoms with van der Waals surface area (Å²) in [7, 11) is 1.49. The number of rotatable bonds is 6. The lowest BCUT2D eigenvalue weighted by molar-refractivity contribution is -0.137. The van der Waals surface area contributed by atoms with Crippen LogP contribution >= 0.6 is 11.6 Å². The molecule has 0 aliphatic rings. The number of hydrogen-bond donors (Lipinski definition) is 0. The van der Waals surface area contributed by atoms with Crippen molar-refractivity contribution >= 4 is 17.5 Å². The van der Waals surface area contributed by atoms with Crippen LogP contribution < -0.4 is 4.74 Å². The summed E-state index contributed by atoms with van der Waals surface area (Å²) in [6.07, 6.45) is -4.49. The van der Waals surface area contributed by atoms with Crippen LogP contribution in [-0.4, -0.2) is 34.6 Å². The van der Waals surface area contributed by atoms with E-state index >= 15 is 0 Å². The highest BCUT2D eigenvalue weighted by molar-refractivity contribution is 6.30. The molecule has 3 rings (SSSR count). The second kappa shape index (κ2) is 8.52. The summed E-state index contributed by atoms with van der Waals surface area (Å²) < 4.78 is 48.5. The van der Waals surface area contributed by atoms with Gasteiger partial charge in [-0.3, -0.25) is 4.79 Å². The summed E-state index contributed by atoms with van der Waals surface area (Å²) in [6, 6.07) is 11.2. The number of likely N-dealkylation sites (N-methyl/N-ethyl adjacent to an activating group) is 1. The van der Waals surface area contributed by atoms with E-state index in [1.54, 1.807) is 24.3 Å². The normalized spacial score (nSPS) is 11.3. The number of benzene rings is 2. The highest BCUT2D eigenvalue weighted by atomic mass is 35.5. The van der Waals surface area contributed by atoms with Gasteiger partial charge in [0.25, 0.3) is 5.91 Å². The fraction of sp³-hybridized carbons (Fsp3) is 0.211. The summed E-state index contributed by atoms with van der Waals surface area (Å²) in [6.45, 7) is -0.415. The maximum absolute atomic E-state index is 12.7. The Balaban J connectivity index is 1.57. The zero-order valence-corrected chi connectivity index (χ0v) is 15.9. The Bertz CT molecular complexity index is 990. The summed E-state index contributed by atoms with van der Waals surface area (Å²) in [4.78, 5) is 17.7. The Morgan fingerprint density at radius 1 is 1.21 bits per heavy atom. The summed E-state index contributed by atoms with van der Waals surface area (Å²) in [5, 5.41) is 4.42. The van der Waals surface area contributed by atoms with Crippen molar-refractivity contribution in [1.82, 2.24) is 15.0 Å². The van der Waals surface area contributed by atoms with Gasteiger partial charge in [-0.2, -0.15) is 18.2 Å². The Labute approximate surface area is 168 Å². The van der Waals surface area contributed by atoms with Crippen LogP contribution in [0, 0.1) is 0 Å². The Morgan fingerprint density at radius 3 is 2.62 bits per heavy atom. The molecule has 0 saturated heterocycles. The van der Waals surface area contributed by atoms with Gasteiger partial charge in [-0.1, -0.05) is 22.8 Å². The van der Waals surface area contributed by atoms with Crippen LogP contribution in [0.15, 0.2) is 53.1 Å². The van der Waals surface area contributed by atoms with Crippen molar-refractivity contribution < 1.29 is 27.2 Å². The molecular formula is C19H15ClF3N3O3. The summed E-state index contributed by atoms with van der Waals surface area (Å²) in [5.74, 6) is 0.0284. The van der Waals surface area contributed by atoms with E-state index < -0.39 is 24.3 Å². The van der Waals surface area contributed by atoms with E-state index in [4.69, 9.17) is 20.9 Å². The number of carbonyl (C=O) groups excluding carboxylic acids is 1. The van der Waals surface area contributed by atoms with Crippen LogP contribution in [-0.2, 0) is 17.5 Å². The first-order chi connectivity index (χ1) is 13.7. The molecule has 2 aromatic carbocycles. The molecule has 0 N–H and O–H groups in total. The van der Waals surface area contributed by atoms with Gasteiger partial charge in [0, 0.05) is 17.6 Å². The number of carbonyl (C=O) groups is 1. The first-order valence-corrected chi connectivity index (χ1v) is 8.73. The molecule has 0 bridgehead atoms. The van der Waals surface area contributed by atoms with Crippen molar-refractivity contribution in [3.05, 3.63) is 65.0 Å². The van der Waals surface area contributed by atoms with Crippen LogP contribution in [0.3, 0.4) is 0 Å². The van der Waals surface area contributed by atoms with Crippen molar-refractivity contribution in [2.24, 2.45) is 0 Å². The van der Waals surface area contributed by atoms with Crippen molar-refractivity contribution in [3.63, 3.8) is 0 Å². The first kappa shape index (κ1) is 20.7. The van der Waals surface area contributed by atoms with Gasteiger partial charge in [0.05, 0.1) is 12.1 Å². The fourth-order valence-corrected chi connectivity index (χ4v) is 2.47. The standard InChI is InChI=1S/C19H15ClF3N3O3/c1-26(10-16-24-18(25-29-16)12-5-7-14(20)8-6-12)17(27)11-28-15-4-2-3-13(9-15)19(21,22)23/h2-9H,10-11H2,1H3. The fourth-order valence-electron chi connectivity index (χ4n) is 2.34.